The first-order valence-corrected chi connectivity index (χ1v) is 8.55. The summed E-state index contributed by atoms with van der Waals surface area (Å²) in [6, 6.07) is 12.4. The molecule has 122 valence electrons. The average Bonchev–Trinajstić information content (AvgIpc) is 2.47. The Bertz CT molecular complexity index is 807. The normalized spacial score (nSPS) is 12.0. The maximum atomic E-state index is 12.5. The Balaban J connectivity index is 2.26. The smallest absolute Gasteiger partial charge is 0.264 e. The Morgan fingerprint density at radius 1 is 1.00 bits per heavy atom. The lowest BCUT2D eigenvalue weighted by atomic mass is 9.84. The summed E-state index contributed by atoms with van der Waals surface area (Å²) in [6.07, 6.45) is 0. The standard InChI is InChI=1S/C17H19NO4S/c1-12-4-10-15(11-5-12)23(21,22)18-16(20)17(2,3)13-6-8-14(19)9-7-13/h4-11,19H,1-3H3,(H,18,20). The van der Waals surface area contributed by atoms with E-state index in [1.807, 2.05) is 6.92 Å². The predicted molar refractivity (Wildman–Crippen MR) is 87.6 cm³/mol. The number of hydrogen-bond acceptors (Lipinski definition) is 4. The number of carbonyl (C=O) groups excluding carboxylic acids is 1. The molecule has 0 atom stereocenters. The lowest BCUT2D eigenvalue weighted by Gasteiger charge is -2.24. The number of benzene rings is 2. The average molecular weight is 333 g/mol. The van der Waals surface area contributed by atoms with Crippen molar-refractivity contribution in [2.24, 2.45) is 0 Å². The molecule has 0 aliphatic carbocycles. The molecule has 0 unspecified atom stereocenters. The number of nitrogens with one attached hydrogen (secondary N) is 1. The molecule has 0 saturated carbocycles. The van der Waals surface area contributed by atoms with Crippen molar-refractivity contribution < 1.29 is 18.3 Å². The predicted octanol–water partition coefficient (Wildman–Crippen LogP) is 2.48. The maximum absolute atomic E-state index is 12.5. The van der Waals surface area contributed by atoms with Gasteiger partial charge in [-0.15, -0.1) is 0 Å². The second-order valence-electron chi connectivity index (χ2n) is 5.92. The molecule has 2 aromatic carbocycles. The van der Waals surface area contributed by atoms with E-state index in [-0.39, 0.29) is 10.6 Å². The van der Waals surface area contributed by atoms with Gasteiger partial charge in [-0.1, -0.05) is 29.8 Å². The number of carbonyl (C=O) groups is 1. The van der Waals surface area contributed by atoms with Crippen LogP contribution in [0.25, 0.3) is 0 Å². The third-order valence-electron chi connectivity index (χ3n) is 3.71. The van der Waals surface area contributed by atoms with E-state index < -0.39 is 21.3 Å². The topological polar surface area (TPSA) is 83.5 Å². The number of rotatable bonds is 4. The minimum atomic E-state index is -3.92. The van der Waals surface area contributed by atoms with Crippen LogP contribution in [-0.4, -0.2) is 19.4 Å². The SMILES string of the molecule is Cc1ccc(S(=O)(=O)NC(=O)C(C)(C)c2ccc(O)cc2)cc1. The van der Waals surface area contributed by atoms with Crippen LogP contribution in [0.3, 0.4) is 0 Å². The number of phenols is 1. The lowest BCUT2D eigenvalue weighted by molar-refractivity contribution is -0.123. The van der Waals surface area contributed by atoms with Gasteiger partial charge in [0, 0.05) is 0 Å². The summed E-state index contributed by atoms with van der Waals surface area (Å²) in [6.45, 7) is 5.10. The summed E-state index contributed by atoms with van der Waals surface area (Å²) in [4.78, 5) is 12.5. The summed E-state index contributed by atoms with van der Waals surface area (Å²) in [5.41, 5.74) is 0.470. The minimum absolute atomic E-state index is 0.0398. The molecule has 0 saturated heterocycles. The summed E-state index contributed by atoms with van der Waals surface area (Å²) in [5.74, 6) is -0.555. The van der Waals surface area contributed by atoms with Crippen LogP contribution in [0.2, 0.25) is 0 Å². The van der Waals surface area contributed by atoms with Crippen LogP contribution in [0.15, 0.2) is 53.4 Å². The van der Waals surface area contributed by atoms with E-state index in [0.29, 0.717) is 5.56 Å². The van der Waals surface area contributed by atoms with Gasteiger partial charge in [0.15, 0.2) is 0 Å². The van der Waals surface area contributed by atoms with E-state index in [0.717, 1.165) is 5.56 Å². The van der Waals surface area contributed by atoms with Crippen molar-refractivity contribution in [3.05, 3.63) is 59.7 Å². The van der Waals surface area contributed by atoms with Crippen LogP contribution in [0, 0.1) is 6.92 Å². The summed E-state index contributed by atoms with van der Waals surface area (Å²) in [7, 11) is -3.92. The highest BCUT2D eigenvalue weighted by molar-refractivity contribution is 7.90. The highest BCUT2D eigenvalue weighted by Crippen LogP contribution is 2.26. The number of aryl methyl sites for hydroxylation is 1. The number of amides is 1. The van der Waals surface area contributed by atoms with Crippen molar-refractivity contribution in [1.82, 2.24) is 4.72 Å². The molecular formula is C17H19NO4S. The number of hydrogen-bond donors (Lipinski definition) is 2. The molecule has 0 bridgehead atoms. The third-order valence-corrected chi connectivity index (χ3v) is 5.06. The largest absolute Gasteiger partial charge is 0.508 e. The maximum Gasteiger partial charge on any atom is 0.264 e. The zero-order valence-electron chi connectivity index (χ0n) is 13.2. The van der Waals surface area contributed by atoms with Gasteiger partial charge in [0.25, 0.3) is 10.0 Å². The number of aromatic hydroxyl groups is 1. The van der Waals surface area contributed by atoms with E-state index in [4.69, 9.17) is 0 Å². The van der Waals surface area contributed by atoms with Gasteiger partial charge in [-0.25, -0.2) is 13.1 Å². The van der Waals surface area contributed by atoms with Crippen LogP contribution in [0.4, 0.5) is 0 Å². The highest BCUT2D eigenvalue weighted by atomic mass is 32.2. The molecular weight excluding hydrogens is 314 g/mol. The quantitative estimate of drug-likeness (QED) is 0.900. The number of sulfonamides is 1. The van der Waals surface area contributed by atoms with Gasteiger partial charge in [0.1, 0.15) is 5.75 Å². The Morgan fingerprint density at radius 2 is 1.52 bits per heavy atom. The molecule has 0 spiro atoms. The Morgan fingerprint density at radius 3 is 2.04 bits per heavy atom. The van der Waals surface area contributed by atoms with Crippen molar-refractivity contribution in [1.29, 1.82) is 0 Å². The van der Waals surface area contributed by atoms with E-state index in [2.05, 4.69) is 4.72 Å². The number of phenolic OH excluding ortho intramolecular Hbond substituents is 1. The molecule has 0 aliphatic rings. The van der Waals surface area contributed by atoms with Gasteiger partial charge in [-0.3, -0.25) is 4.79 Å². The molecule has 0 heterocycles. The van der Waals surface area contributed by atoms with Gasteiger partial charge < -0.3 is 5.11 Å². The van der Waals surface area contributed by atoms with Gasteiger partial charge in [0.2, 0.25) is 5.91 Å². The fraction of sp³-hybridized carbons (Fsp3) is 0.235. The highest BCUT2D eigenvalue weighted by Gasteiger charge is 2.33. The first-order valence-electron chi connectivity index (χ1n) is 7.06. The zero-order valence-corrected chi connectivity index (χ0v) is 14.0. The van der Waals surface area contributed by atoms with Crippen LogP contribution in [0.1, 0.15) is 25.0 Å². The van der Waals surface area contributed by atoms with Crippen molar-refractivity contribution >= 4 is 15.9 Å². The van der Waals surface area contributed by atoms with Crippen molar-refractivity contribution in [2.75, 3.05) is 0 Å². The summed E-state index contributed by atoms with van der Waals surface area (Å²) < 4.78 is 26.7. The molecule has 2 N–H and O–H groups in total. The first kappa shape index (κ1) is 17.0. The molecule has 6 heteroatoms. The van der Waals surface area contributed by atoms with Gasteiger partial charge in [0.05, 0.1) is 10.3 Å². The van der Waals surface area contributed by atoms with Crippen molar-refractivity contribution in [3.63, 3.8) is 0 Å². The molecule has 0 radical (unpaired) electrons. The molecule has 0 fully saturated rings. The minimum Gasteiger partial charge on any atom is -0.508 e. The Kier molecular flexibility index (Phi) is 4.47. The second kappa shape index (κ2) is 6.04. The first-order chi connectivity index (χ1) is 10.6. The summed E-state index contributed by atoms with van der Waals surface area (Å²) >= 11 is 0. The zero-order chi connectivity index (χ0) is 17.3. The molecule has 0 aromatic heterocycles. The van der Waals surface area contributed by atoms with E-state index >= 15 is 0 Å². The van der Waals surface area contributed by atoms with Gasteiger partial charge in [-0.05, 0) is 50.6 Å². The van der Waals surface area contributed by atoms with E-state index in [1.165, 1.54) is 24.3 Å². The monoisotopic (exact) mass is 333 g/mol. The fourth-order valence-electron chi connectivity index (χ4n) is 2.04. The van der Waals surface area contributed by atoms with Gasteiger partial charge >= 0.3 is 0 Å². The molecule has 1 amide bonds. The lowest BCUT2D eigenvalue weighted by Crippen LogP contribution is -2.43. The van der Waals surface area contributed by atoms with Gasteiger partial charge in [-0.2, -0.15) is 0 Å². The van der Waals surface area contributed by atoms with Crippen LogP contribution < -0.4 is 4.72 Å². The van der Waals surface area contributed by atoms with Crippen molar-refractivity contribution in [2.45, 2.75) is 31.1 Å². The molecule has 5 nitrogen and oxygen atoms in total. The van der Waals surface area contributed by atoms with Crippen LogP contribution in [-0.2, 0) is 20.2 Å². The van der Waals surface area contributed by atoms with E-state index in [9.17, 15) is 18.3 Å². The Hall–Kier alpha value is -2.34. The molecule has 2 aromatic rings. The molecule has 0 aliphatic heterocycles. The van der Waals surface area contributed by atoms with Crippen molar-refractivity contribution in [3.8, 4) is 5.75 Å². The molecule has 23 heavy (non-hydrogen) atoms. The second-order valence-corrected chi connectivity index (χ2v) is 7.60. The third kappa shape index (κ3) is 3.71. The van der Waals surface area contributed by atoms with E-state index in [1.54, 1.807) is 38.1 Å². The Labute approximate surface area is 136 Å². The molecule has 2 rings (SSSR count). The van der Waals surface area contributed by atoms with Crippen LogP contribution in [0.5, 0.6) is 5.75 Å². The van der Waals surface area contributed by atoms with Crippen LogP contribution >= 0.6 is 0 Å². The summed E-state index contributed by atoms with van der Waals surface area (Å²) in [5, 5.41) is 9.32. The fourth-order valence-corrected chi connectivity index (χ4v) is 3.15.